The van der Waals surface area contributed by atoms with Gasteiger partial charge in [0.25, 0.3) is 0 Å². The van der Waals surface area contributed by atoms with Gasteiger partial charge in [-0.25, -0.2) is 0 Å². The number of benzene rings is 1. The molecule has 0 aromatic heterocycles. The maximum atomic E-state index is 10.5. The van der Waals surface area contributed by atoms with Crippen LogP contribution in [0.4, 0.5) is 0 Å². The first-order valence-electron chi connectivity index (χ1n) is 7.77. The summed E-state index contributed by atoms with van der Waals surface area (Å²) in [6, 6.07) is 6.28. The summed E-state index contributed by atoms with van der Waals surface area (Å²) in [5, 5.41) is 13.9. The average Bonchev–Trinajstić information content (AvgIpc) is 2.54. The minimum absolute atomic E-state index is 0.286. The molecule has 1 aromatic rings. The third kappa shape index (κ3) is 3.42. The lowest BCUT2D eigenvalue weighted by molar-refractivity contribution is 0.0206. The van der Waals surface area contributed by atoms with Crippen molar-refractivity contribution in [1.29, 1.82) is 0 Å². The molecule has 1 aromatic carbocycles. The van der Waals surface area contributed by atoms with E-state index in [1.165, 1.54) is 0 Å². The Morgan fingerprint density at radius 3 is 2.67 bits per heavy atom. The molecule has 0 spiro atoms. The van der Waals surface area contributed by atoms with Crippen molar-refractivity contribution in [3.8, 4) is 5.75 Å². The molecule has 116 valence electrons. The molecule has 0 unspecified atom stereocenters. The Hall–Kier alpha value is -0.620. The van der Waals surface area contributed by atoms with Crippen molar-refractivity contribution in [2.45, 2.75) is 18.9 Å². The first kappa shape index (κ1) is 15.3. The highest BCUT2D eigenvalue weighted by Crippen LogP contribution is 2.41. The zero-order valence-electron chi connectivity index (χ0n) is 12.2. The van der Waals surface area contributed by atoms with E-state index >= 15 is 0 Å². The molecule has 2 saturated heterocycles. The summed E-state index contributed by atoms with van der Waals surface area (Å²) in [7, 11) is 0. The molecule has 0 saturated carbocycles. The molecule has 0 bridgehead atoms. The first-order chi connectivity index (χ1) is 10.3. The lowest BCUT2D eigenvalue weighted by Crippen LogP contribution is -2.47. The molecule has 2 N–H and O–H groups in total. The van der Waals surface area contributed by atoms with Gasteiger partial charge in [0.05, 0.1) is 4.47 Å². The molecule has 0 radical (unpaired) electrons. The van der Waals surface area contributed by atoms with Crippen molar-refractivity contribution in [2.24, 2.45) is 5.92 Å². The lowest BCUT2D eigenvalue weighted by Gasteiger charge is -2.41. The van der Waals surface area contributed by atoms with Crippen LogP contribution >= 0.6 is 15.9 Å². The summed E-state index contributed by atoms with van der Waals surface area (Å²) in [6.07, 6.45) is 2.14. The number of halogens is 1. The van der Waals surface area contributed by atoms with E-state index in [2.05, 4.69) is 32.2 Å². The Kier molecular flexibility index (Phi) is 5.16. The zero-order valence-corrected chi connectivity index (χ0v) is 13.8. The standard InChI is InChI=1S/C16H23BrN2O2/c17-14-3-1-2-13(16(14)20)15(12-4-10-21-11-5-12)19-8-6-18-7-9-19/h1-3,12,15,18,20H,4-11H2/t15-/m0/s1. The van der Waals surface area contributed by atoms with E-state index in [0.717, 1.165) is 62.3 Å². The van der Waals surface area contributed by atoms with E-state index in [-0.39, 0.29) is 6.04 Å². The molecule has 0 amide bonds. The van der Waals surface area contributed by atoms with E-state index < -0.39 is 0 Å². The minimum Gasteiger partial charge on any atom is -0.506 e. The highest BCUT2D eigenvalue weighted by atomic mass is 79.9. The second-order valence-corrected chi connectivity index (χ2v) is 6.71. The van der Waals surface area contributed by atoms with Gasteiger partial charge in [-0.1, -0.05) is 12.1 Å². The first-order valence-corrected chi connectivity index (χ1v) is 8.56. The molecule has 0 aliphatic carbocycles. The quantitative estimate of drug-likeness (QED) is 0.875. The highest BCUT2D eigenvalue weighted by molar-refractivity contribution is 9.10. The number of aromatic hydroxyl groups is 1. The second-order valence-electron chi connectivity index (χ2n) is 5.86. The van der Waals surface area contributed by atoms with Gasteiger partial charge in [0.15, 0.2) is 0 Å². The lowest BCUT2D eigenvalue weighted by atomic mass is 9.85. The largest absolute Gasteiger partial charge is 0.506 e. The predicted octanol–water partition coefficient (Wildman–Crippen LogP) is 2.53. The van der Waals surface area contributed by atoms with Crippen molar-refractivity contribution in [1.82, 2.24) is 10.2 Å². The average molecular weight is 355 g/mol. The summed E-state index contributed by atoms with van der Waals surface area (Å²) in [6.45, 7) is 5.79. The molecule has 2 aliphatic heterocycles. The maximum Gasteiger partial charge on any atom is 0.134 e. The van der Waals surface area contributed by atoms with Gasteiger partial charge in [0, 0.05) is 51.0 Å². The van der Waals surface area contributed by atoms with Crippen molar-refractivity contribution in [2.75, 3.05) is 39.4 Å². The summed E-state index contributed by atoms with van der Waals surface area (Å²) >= 11 is 3.46. The van der Waals surface area contributed by atoms with Gasteiger partial charge >= 0.3 is 0 Å². The smallest absolute Gasteiger partial charge is 0.134 e. The van der Waals surface area contributed by atoms with E-state index in [9.17, 15) is 5.11 Å². The molecule has 2 fully saturated rings. The Labute approximate surface area is 134 Å². The Morgan fingerprint density at radius 1 is 1.24 bits per heavy atom. The van der Waals surface area contributed by atoms with Gasteiger partial charge in [0.1, 0.15) is 5.75 Å². The maximum absolute atomic E-state index is 10.5. The van der Waals surface area contributed by atoms with Gasteiger partial charge in [0.2, 0.25) is 0 Å². The highest BCUT2D eigenvalue weighted by Gasteiger charge is 2.33. The van der Waals surface area contributed by atoms with Crippen LogP contribution in [0.3, 0.4) is 0 Å². The molecular formula is C16H23BrN2O2. The Morgan fingerprint density at radius 2 is 1.95 bits per heavy atom. The van der Waals surface area contributed by atoms with Crippen molar-refractivity contribution >= 4 is 15.9 Å². The van der Waals surface area contributed by atoms with Gasteiger partial charge in [-0.2, -0.15) is 0 Å². The molecule has 21 heavy (non-hydrogen) atoms. The normalized spacial score (nSPS) is 23.1. The fourth-order valence-corrected chi connectivity index (χ4v) is 3.89. The molecule has 5 heteroatoms. The number of nitrogens with zero attached hydrogens (tertiary/aromatic N) is 1. The van der Waals surface area contributed by atoms with Crippen molar-refractivity contribution < 1.29 is 9.84 Å². The number of ether oxygens (including phenoxy) is 1. The van der Waals surface area contributed by atoms with Crippen LogP contribution in [0.5, 0.6) is 5.75 Å². The summed E-state index contributed by atoms with van der Waals surface area (Å²) in [5.41, 5.74) is 1.05. The zero-order chi connectivity index (χ0) is 14.7. The third-order valence-corrected chi connectivity index (χ3v) is 5.23. The van der Waals surface area contributed by atoms with E-state index in [1.54, 1.807) is 0 Å². The predicted molar refractivity (Wildman–Crippen MR) is 86.5 cm³/mol. The fraction of sp³-hybridized carbons (Fsp3) is 0.625. The van der Waals surface area contributed by atoms with Crippen LogP contribution in [-0.4, -0.2) is 49.4 Å². The molecule has 2 aliphatic rings. The topological polar surface area (TPSA) is 44.7 Å². The SMILES string of the molecule is Oc1c(Br)cccc1[C@H](C1CCOCC1)N1CCNCC1. The Bertz CT molecular complexity index is 453. The number of nitrogens with one attached hydrogen (secondary N) is 1. The molecular weight excluding hydrogens is 332 g/mol. The monoisotopic (exact) mass is 354 g/mol. The number of hydrogen-bond donors (Lipinski definition) is 2. The van der Waals surface area contributed by atoms with E-state index in [0.29, 0.717) is 11.7 Å². The third-order valence-electron chi connectivity index (χ3n) is 4.59. The van der Waals surface area contributed by atoms with E-state index in [4.69, 9.17) is 4.74 Å². The molecule has 4 nitrogen and oxygen atoms in total. The van der Waals surface area contributed by atoms with Crippen LogP contribution in [0.15, 0.2) is 22.7 Å². The Balaban J connectivity index is 1.91. The van der Waals surface area contributed by atoms with Crippen molar-refractivity contribution in [3.63, 3.8) is 0 Å². The van der Waals surface area contributed by atoms with Gasteiger partial charge in [-0.05, 0) is 40.8 Å². The van der Waals surface area contributed by atoms with Crippen LogP contribution in [0.1, 0.15) is 24.4 Å². The van der Waals surface area contributed by atoms with Crippen LogP contribution in [0, 0.1) is 5.92 Å². The number of piperazine rings is 1. The van der Waals surface area contributed by atoms with Crippen LogP contribution in [-0.2, 0) is 4.74 Å². The summed E-state index contributed by atoms with van der Waals surface area (Å²) in [4.78, 5) is 2.52. The van der Waals surface area contributed by atoms with Gasteiger partial charge in [-0.3, -0.25) is 4.90 Å². The fourth-order valence-electron chi connectivity index (χ4n) is 3.51. The number of phenols is 1. The number of phenolic OH excluding ortho intramolecular Hbond substituents is 1. The number of para-hydroxylation sites is 1. The van der Waals surface area contributed by atoms with E-state index in [1.807, 2.05) is 12.1 Å². The van der Waals surface area contributed by atoms with Crippen LogP contribution in [0.2, 0.25) is 0 Å². The molecule has 2 heterocycles. The number of hydrogen-bond acceptors (Lipinski definition) is 4. The minimum atomic E-state index is 0.286. The summed E-state index contributed by atoms with van der Waals surface area (Å²) in [5.74, 6) is 0.949. The van der Waals surface area contributed by atoms with Crippen LogP contribution < -0.4 is 5.32 Å². The molecule has 1 atom stereocenters. The number of rotatable bonds is 3. The van der Waals surface area contributed by atoms with Crippen molar-refractivity contribution in [3.05, 3.63) is 28.2 Å². The second kappa shape index (κ2) is 7.09. The van der Waals surface area contributed by atoms with Gasteiger partial charge in [-0.15, -0.1) is 0 Å². The molecule has 3 rings (SSSR count). The summed E-state index contributed by atoms with van der Waals surface area (Å²) < 4.78 is 6.31. The van der Waals surface area contributed by atoms with Gasteiger partial charge < -0.3 is 15.2 Å². The van der Waals surface area contributed by atoms with Crippen LogP contribution in [0.25, 0.3) is 0 Å².